The molecule has 1 heterocycles. The lowest BCUT2D eigenvalue weighted by molar-refractivity contribution is -0.120. The van der Waals surface area contributed by atoms with Crippen LogP contribution in [-0.4, -0.2) is 60.5 Å². The first-order chi connectivity index (χ1) is 13.9. The summed E-state index contributed by atoms with van der Waals surface area (Å²) in [6.07, 6.45) is 1.26. The average molecular weight is 447 g/mol. The molecule has 1 aliphatic rings. The number of carbonyl (C=O) groups excluding carboxylic acids is 2. The maximum Gasteiger partial charge on any atom is 0.254 e. The van der Waals surface area contributed by atoms with Crippen molar-refractivity contribution in [2.24, 2.45) is 0 Å². The summed E-state index contributed by atoms with van der Waals surface area (Å²) in [4.78, 5) is 25.4. The third kappa shape index (κ3) is 6.31. The van der Waals surface area contributed by atoms with Gasteiger partial charge in [0, 0.05) is 24.7 Å². The van der Waals surface area contributed by atoms with Crippen molar-refractivity contribution < 1.29 is 23.8 Å². The van der Waals surface area contributed by atoms with Crippen LogP contribution in [0.4, 0.5) is 0 Å². The molecule has 0 aliphatic carbocycles. The van der Waals surface area contributed by atoms with E-state index >= 15 is 0 Å². The number of rotatable bonds is 9. The molecule has 0 bridgehead atoms. The van der Waals surface area contributed by atoms with Gasteiger partial charge >= 0.3 is 0 Å². The molecule has 2 rings (SSSR count). The van der Waals surface area contributed by atoms with Crippen molar-refractivity contribution in [3.8, 4) is 17.2 Å². The summed E-state index contributed by atoms with van der Waals surface area (Å²) >= 11 is 11.2. The molecule has 0 radical (unpaired) electrons. The highest BCUT2D eigenvalue weighted by Gasteiger charge is 2.27. The SMILES string of the molecule is CCOc1cc(C(=O)N2CCC(NC(=O)C(Cl)Cl)CC2)cc(OCC)c1OCC. The molecule has 2 amide bonds. The fourth-order valence-electron chi connectivity index (χ4n) is 3.19. The van der Waals surface area contributed by atoms with E-state index in [1.807, 2.05) is 20.8 Å². The van der Waals surface area contributed by atoms with Crippen LogP contribution in [0.2, 0.25) is 0 Å². The van der Waals surface area contributed by atoms with Gasteiger partial charge in [-0.1, -0.05) is 23.2 Å². The van der Waals surface area contributed by atoms with Gasteiger partial charge in [-0.25, -0.2) is 0 Å². The highest BCUT2D eigenvalue weighted by molar-refractivity contribution is 6.53. The van der Waals surface area contributed by atoms with Gasteiger partial charge in [0.1, 0.15) is 0 Å². The Bertz CT molecular complexity index is 679. The number of alkyl halides is 2. The van der Waals surface area contributed by atoms with Crippen LogP contribution >= 0.6 is 23.2 Å². The average Bonchev–Trinajstić information content (AvgIpc) is 2.70. The number of likely N-dealkylation sites (tertiary alicyclic amines) is 1. The van der Waals surface area contributed by atoms with E-state index in [-0.39, 0.29) is 11.9 Å². The van der Waals surface area contributed by atoms with Crippen LogP contribution in [0.3, 0.4) is 0 Å². The van der Waals surface area contributed by atoms with Crippen molar-refractivity contribution in [2.75, 3.05) is 32.9 Å². The number of hydrogen-bond donors (Lipinski definition) is 1. The zero-order valence-electron chi connectivity index (χ0n) is 17.0. The van der Waals surface area contributed by atoms with Gasteiger partial charge in [-0.05, 0) is 45.7 Å². The van der Waals surface area contributed by atoms with Gasteiger partial charge in [0.05, 0.1) is 19.8 Å². The van der Waals surface area contributed by atoms with Crippen LogP contribution < -0.4 is 19.5 Å². The van der Waals surface area contributed by atoms with Crippen molar-refractivity contribution in [3.05, 3.63) is 17.7 Å². The van der Waals surface area contributed by atoms with Crippen LogP contribution in [0, 0.1) is 0 Å². The first kappa shape index (κ1) is 23.4. The van der Waals surface area contributed by atoms with E-state index < -0.39 is 10.7 Å². The number of halogens is 2. The van der Waals surface area contributed by atoms with Crippen LogP contribution in [0.15, 0.2) is 12.1 Å². The molecule has 1 aliphatic heterocycles. The standard InChI is InChI=1S/C20H28Cl2N2O5/c1-4-27-15-11-13(12-16(28-5-2)17(15)29-6-3)20(26)24-9-7-14(8-10-24)23-19(25)18(21)22/h11-12,14,18H,4-10H2,1-3H3,(H,23,25). The van der Waals surface area contributed by atoms with Crippen LogP contribution in [0.25, 0.3) is 0 Å². The first-order valence-corrected chi connectivity index (χ1v) is 10.7. The summed E-state index contributed by atoms with van der Waals surface area (Å²) in [7, 11) is 0. The fourth-order valence-corrected chi connectivity index (χ4v) is 3.31. The predicted molar refractivity (Wildman–Crippen MR) is 113 cm³/mol. The second-order valence-corrected chi connectivity index (χ2v) is 7.57. The molecule has 1 fully saturated rings. The summed E-state index contributed by atoms with van der Waals surface area (Å²) in [6, 6.07) is 3.34. The molecule has 0 aromatic heterocycles. The Morgan fingerprint density at radius 2 is 1.55 bits per heavy atom. The van der Waals surface area contributed by atoms with E-state index in [0.29, 0.717) is 68.6 Å². The Labute approximate surface area is 181 Å². The van der Waals surface area contributed by atoms with Crippen molar-refractivity contribution in [1.82, 2.24) is 10.2 Å². The monoisotopic (exact) mass is 446 g/mol. The lowest BCUT2D eigenvalue weighted by atomic mass is 10.0. The number of benzene rings is 1. The lowest BCUT2D eigenvalue weighted by Crippen LogP contribution is -2.47. The highest BCUT2D eigenvalue weighted by atomic mass is 35.5. The molecule has 0 spiro atoms. The minimum absolute atomic E-state index is 0.0511. The van der Waals surface area contributed by atoms with Gasteiger partial charge in [-0.2, -0.15) is 0 Å². The number of amides is 2. The van der Waals surface area contributed by atoms with Crippen molar-refractivity contribution in [3.63, 3.8) is 0 Å². The quantitative estimate of drug-likeness (QED) is 0.588. The van der Waals surface area contributed by atoms with Gasteiger partial charge in [-0.15, -0.1) is 0 Å². The van der Waals surface area contributed by atoms with Crippen molar-refractivity contribution in [2.45, 2.75) is 44.5 Å². The first-order valence-electron chi connectivity index (χ1n) is 9.85. The smallest absolute Gasteiger partial charge is 0.254 e. The lowest BCUT2D eigenvalue weighted by Gasteiger charge is -2.32. The summed E-state index contributed by atoms with van der Waals surface area (Å²) in [6.45, 7) is 7.99. The predicted octanol–water partition coefficient (Wildman–Crippen LogP) is 3.41. The zero-order valence-corrected chi connectivity index (χ0v) is 18.5. The molecule has 162 valence electrons. The molecule has 0 atom stereocenters. The topological polar surface area (TPSA) is 77.1 Å². The van der Waals surface area contributed by atoms with E-state index in [0.717, 1.165) is 0 Å². The number of carbonyl (C=O) groups is 2. The molecular weight excluding hydrogens is 419 g/mol. The summed E-state index contributed by atoms with van der Waals surface area (Å²) in [5, 5.41) is 2.79. The molecule has 1 aromatic carbocycles. The Hall–Kier alpha value is -1.86. The molecular formula is C20H28Cl2N2O5. The number of nitrogens with zero attached hydrogens (tertiary/aromatic N) is 1. The largest absolute Gasteiger partial charge is 0.490 e. The van der Waals surface area contributed by atoms with Gasteiger partial charge in [0.15, 0.2) is 16.3 Å². The fraction of sp³-hybridized carbons (Fsp3) is 0.600. The minimum atomic E-state index is -1.09. The third-order valence-electron chi connectivity index (χ3n) is 4.48. The Morgan fingerprint density at radius 3 is 2.00 bits per heavy atom. The maximum absolute atomic E-state index is 13.1. The van der Waals surface area contributed by atoms with Crippen LogP contribution in [0.1, 0.15) is 44.0 Å². The minimum Gasteiger partial charge on any atom is -0.490 e. The third-order valence-corrected chi connectivity index (χ3v) is 4.88. The number of ether oxygens (including phenoxy) is 3. The molecule has 7 nitrogen and oxygen atoms in total. The van der Waals surface area contributed by atoms with E-state index in [2.05, 4.69) is 5.32 Å². The van der Waals surface area contributed by atoms with Crippen LogP contribution in [-0.2, 0) is 4.79 Å². The Kier molecular flexibility index (Phi) is 9.17. The van der Waals surface area contributed by atoms with E-state index in [4.69, 9.17) is 37.4 Å². The maximum atomic E-state index is 13.1. The van der Waals surface area contributed by atoms with Crippen molar-refractivity contribution in [1.29, 1.82) is 0 Å². The van der Waals surface area contributed by atoms with Gasteiger partial charge in [0.2, 0.25) is 5.75 Å². The second-order valence-electron chi connectivity index (χ2n) is 6.48. The molecule has 1 saturated heterocycles. The molecule has 0 saturated carbocycles. The number of nitrogens with one attached hydrogen (secondary N) is 1. The Balaban J connectivity index is 2.15. The number of piperidine rings is 1. The van der Waals surface area contributed by atoms with Crippen molar-refractivity contribution >= 4 is 35.0 Å². The van der Waals surface area contributed by atoms with E-state index in [9.17, 15) is 9.59 Å². The van der Waals surface area contributed by atoms with E-state index in [1.54, 1.807) is 17.0 Å². The molecule has 9 heteroatoms. The molecule has 0 unspecified atom stereocenters. The Morgan fingerprint density at radius 1 is 1.03 bits per heavy atom. The molecule has 29 heavy (non-hydrogen) atoms. The zero-order chi connectivity index (χ0) is 21.4. The summed E-state index contributed by atoms with van der Waals surface area (Å²) in [5.74, 6) is 0.952. The van der Waals surface area contributed by atoms with Gasteiger partial charge < -0.3 is 24.4 Å². The highest BCUT2D eigenvalue weighted by Crippen LogP contribution is 2.39. The van der Waals surface area contributed by atoms with Gasteiger partial charge in [-0.3, -0.25) is 9.59 Å². The second kappa shape index (κ2) is 11.4. The summed E-state index contributed by atoms with van der Waals surface area (Å²) in [5.41, 5.74) is 0.476. The van der Waals surface area contributed by atoms with E-state index in [1.165, 1.54) is 0 Å². The van der Waals surface area contributed by atoms with Gasteiger partial charge in [0.25, 0.3) is 11.8 Å². The molecule has 1 N–H and O–H groups in total. The number of hydrogen-bond acceptors (Lipinski definition) is 5. The summed E-state index contributed by atoms with van der Waals surface area (Å²) < 4.78 is 17.1. The normalized spacial score (nSPS) is 14.6. The van der Waals surface area contributed by atoms with Crippen LogP contribution in [0.5, 0.6) is 17.2 Å². The molecule has 1 aromatic rings.